The molecule has 338 valence electrons. The zero-order valence-electron chi connectivity index (χ0n) is 36.5. The zero-order valence-corrected chi connectivity index (χ0v) is 38.1. The molecule has 2 aromatic carbocycles. The van der Waals surface area contributed by atoms with Crippen LogP contribution in [-0.4, -0.2) is 106 Å². The summed E-state index contributed by atoms with van der Waals surface area (Å²) in [6.07, 6.45) is 5.37. The van der Waals surface area contributed by atoms with Gasteiger partial charge < -0.3 is 25.0 Å². The molecule has 2 aliphatic heterocycles. The molecule has 4 aromatic rings. The van der Waals surface area contributed by atoms with Crippen LogP contribution in [0.15, 0.2) is 60.0 Å². The lowest BCUT2D eigenvalue weighted by atomic mass is 10.0. The number of imidazole rings is 1. The minimum absolute atomic E-state index is 0.00734. The van der Waals surface area contributed by atoms with E-state index in [1.165, 1.54) is 42.5 Å². The van der Waals surface area contributed by atoms with Crippen molar-refractivity contribution in [2.45, 2.75) is 115 Å². The molecule has 3 N–H and O–H groups in total. The van der Waals surface area contributed by atoms with Crippen molar-refractivity contribution in [2.24, 2.45) is 5.92 Å². The first-order valence-corrected chi connectivity index (χ1v) is 23.5. The maximum Gasteiger partial charge on any atom is 0.408 e. The van der Waals surface area contributed by atoms with E-state index < -0.39 is 69.3 Å². The molecule has 2 aromatic heterocycles. The van der Waals surface area contributed by atoms with E-state index in [1.54, 1.807) is 32.9 Å². The van der Waals surface area contributed by atoms with E-state index in [2.05, 4.69) is 15.4 Å². The van der Waals surface area contributed by atoms with Crippen LogP contribution in [0, 0.1) is 11.7 Å². The van der Waals surface area contributed by atoms with E-state index in [0.717, 1.165) is 33.8 Å². The normalized spacial score (nSPS) is 23.9. The van der Waals surface area contributed by atoms with Gasteiger partial charge in [0.15, 0.2) is 0 Å². The molecule has 19 heteroatoms. The van der Waals surface area contributed by atoms with Gasteiger partial charge in [-0.25, -0.2) is 18.9 Å². The average molecular weight is 907 g/mol. The quantitative estimate of drug-likeness (QED) is 0.165. The highest BCUT2D eigenvalue weighted by Gasteiger charge is 2.62. The van der Waals surface area contributed by atoms with Crippen LogP contribution in [0.2, 0.25) is 0 Å². The third-order valence-electron chi connectivity index (χ3n) is 11.4. The molecule has 2 fully saturated rings. The molecular weight excluding hydrogens is 852 g/mol. The van der Waals surface area contributed by atoms with Crippen molar-refractivity contribution in [1.82, 2.24) is 39.1 Å². The summed E-state index contributed by atoms with van der Waals surface area (Å²) in [5.74, 6) is -2.92. The number of alkyl carbamates (subject to hydrolysis) is 1. The number of carbonyl (C=O) groups is 4. The highest BCUT2D eigenvalue weighted by molar-refractivity contribution is 7.87. The monoisotopic (exact) mass is 906 g/mol. The molecule has 0 unspecified atom stereocenters. The molecule has 63 heavy (non-hydrogen) atoms. The van der Waals surface area contributed by atoms with Crippen molar-refractivity contribution < 1.29 is 41.5 Å². The molecule has 1 saturated carbocycles. The number of aromatic nitrogens is 3. The standard InChI is InChI=1S/C44H55FN8O8S2/c1-26(2)53-34-17-13-15-31(38-46-33(25-62-38)27-18-20-29(45)21-19-27)36(34)48-41(53)60-30-22-35-37(54)49-44(40(56)50-63(58,59)51(6)7)23-28(44)14-11-9-8-10-12-16-32(39(55)52(35)24-30)47-42(57)61-43(3,4)5/h11,13-15,17-21,25-26,28,30,32,35H,8-10,12,16,22-24H2,1-7H3,(H,47,57)(H,49,54)(H,50,56)/b14-11-/t28-,30-,32+,35+,44-/m1/s1. The van der Waals surface area contributed by atoms with Crippen LogP contribution in [0.5, 0.6) is 6.01 Å². The molecule has 0 spiro atoms. The lowest BCUT2D eigenvalue weighted by molar-refractivity contribution is -0.141. The largest absolute Gasteiger partial charge is 0.459 e. The molecular formula is C44H55FN8O8S2. The Morgan fingerprint density at radius 2 is 1.81 bits per heavy atom. The second-order valence-corrected chi connectivity index (χ2v) is 20.6. The van der Waals surface area contributed by atoms with Crippen molar-refractivity contribution in [1.29, 1.82) is 0 Å². The number of thiazole rings is 1. The van der Waals surface area contributed by atoms with Gasteiger partial charge in [-0.15, -0.1) is 11.3 Å². The first-order valence-electron chi connectivity index (χ1n) is 21.2. The summed E-state index contributed by atoms with van der Waals surface area (Å²) in [5, 5.41) is 8.22. The van der Waals surface area contributed by atoms with Crippen LogP contribution in [-0.2, 0) is 29.3 Å². The lowest BCUT2D eigenvalue weighted by Crippen LogP contribution is -2.58. The number of allylic oxidation sites excluding steroid dienone is 1. The predicted octanol–water partition coefficient (Wildman–Crippen LogP) is 6.11. The van der Waals surface area contributed by atoms with Gasteiger partial charge in [0, 0.05) is 49.0 Å². The van der Waals surface area contributed by atoms with Crippen LogP contribution >= 0.6 is 11.3 Å². The number of nitrogens with zero attached hydrogens (tertiary/aromatic N) is 5. The molecule has 3 aliphatic rings. The zero-order chi connectivity index (χ0) is 45.4. The fourth-order valence-electron chi connectivity index (χ4n) is 8.06. The number of amides is 4. The topological polar surface area (TPSA) is 194 Å². The Labute approximate surface area is 370 Å². The number of benzene rings is 2. The van der Waals surface area contributed by atoms with Gasteiger partial charge >= 0.3 is 16.3 Å². The third kappa shape index (κ3) is 10.0. The maximum absolute atomic E-state index is 14.7. The summed E-state index contributed by atoms with van der Waals surface area (Å²) in [5.41, 5.74) is 1.19. The molecule has 4 heterocycles. The van der Waals surface area contributed by atoms with Crippen molar-refractivity contribution in [3.8, 4) is 27.8 Å². The highest BCUT2D eigenvalue weighted by atomic mass is 32.2. The Balaban J connectivity index is 1.23. The number of fused-ring (bicyclic) bond motifs is 3. The molecule has 16 nitrogen and oxygen atoms in total. The van der Waals surface area contributed by atoms with Crippen molar-refractivity contribution in [3.63, 3.8) is 0 Å². The van der Waals surface area contributed by atoms with Gasteiger partial charge in [-0.2, -0.15) is 17.7 Å². The van der Waals surface area contributed by atoms with Crippen LogP contribution in [0.1, 0.15) is 85.6 Å². The highest BCUT2D eigenvalue weighted by Crippen LogP contribution is 2.46. The molecule has 7 rings (SSSR count). The Hall–Kier alpha value is -5.40. The van der Waals surface area contributed by atoms with E-state index in [9.17, 15) is 32.0 Å². The Bertz CT molecular complexity index is 2520. The number of para-hydroxylation sites is 1. The predicted molar refractivity (Wildman–Crippen MR) is 236 cm³/mol. The second kappa shape index (κ2) is 18.0. The van der Waals surface area contributed by atoms with Crippen LogP contribution in [0.3, 0.4) is 0 Å². The van der Waals surface area contributed by atoms with Gasteiger partial charge in [-0.3, -0.25) is 19.0 Å². The maximum atomic E-state index is 14.7. The van der Waals surface area contributed by atoms with Crippen LogP contribution < -0.4 is 20.1 Å². The summed E-state index contributed by atoms with van der Waals surface area (Å²) in [6.45, 7) is 9.07. The summed E-state index contributed by atoms with van der Waals surface area (Å²) >= 11 is 1.43. The van der Waals surface area contributed by atoms with Crippen LogP contribution in [0.4, 0.5) is 9.18 Å². The fourth-order valence-corrected chi connectivity index (χ4v) is 9.52. The second-order valence-electron chi connectivity index (χ2n) is 17.8. The van der Waals surface area contributed by atoms with Gasteiger partial charge in [0.05, 0.1) is 17.8 Å². The van der Waals surface area contributed by atoms with E-state index in [-0.39, 0.29) is 43.7 Å². The fraction of sp³-hybridized carbons (Fsp3) is 0.500. The number of hydrogen-bond donors (Lipinski definition) is 3. The van der Waals surface area contributed by atoms with Crippen molar-refractivity contribution in [3.05, 3.63) is 65.8 Å². The van der Waals surface area contributed by atoms with E-state index in [1.807, 2.05) is 54.1 Å². The Morgan fingerprint density at radius 3 is 2.51 bits per heavy atom. The van der Waals surface area contributed by atoms with Gasteiger partial charge in [0.1, 0.15) is 45.7 Å². The minimum atomic E-state index is -4.20. The van der Waals surface area contributed by atoms with Gasteiger partial charge in [-0.1, -0.05) is 31.1 Å². The first-order chi connectivity index (χ1) is 29.8. The molecule has 5 atom stereocenters. The van der Waals surface area contributed by atoms with Gasteiger partial charge in [-0.05, 0) is 96.7 Å². The molecule has 0 bridgehead atoms. The minimum Gasteiger partial charge on any atom is -0.459 e. The smallest absolute Gasteiger partial charge is 0.408 e. The summed E-state index contributed by atoms with van der Waals surface area (Å²) in [7, 11) is -1.63. The first kappa shape index (κ1) is 45.6. The Kier molecular flexibility index (Phi) is 13.0. The SMILES string of the molecule is CC(C)n1c(O[C@@H]2C[C@H]3C(=O)N[C@]4(C(=O)NS(=O)(=O)N(C)C)C[C@H]4/C=C\CCCCC[C@H](NC(=O)OC(C)(C)C)C(=O)N3C2)nc2c(-c3nc(-c4ccc(F)cc4)cs3)cccc21. The number of hydrogen-bond acceptors (Lipinski definition) is 11. The van der Waals surface area contributed by atoms with Crippen molar-refractivity contribution >= 4 is 56.4 Å². The molecule has 1 aliphatic carbocycles. The van der Waals surface area contributed by atoms with Gasteiger partial charge in [0.25, 0.3) is 11.9 Å². The summed E-state index contributed by atoms with van der Waals surface area (Å²) in [4.78, 5) is 67.5. The molecule has 0 radical (unpaired) electrons. The third-order valence-corrected chi connectivity index (χ3v) is 13.7. The van der Waals surface area contributed by atoms with E-state index in [0.29, 0.717) is 29.1 Å². The van der Waals surface area contributed by atoms with Crippen LogP contribution in [0.25, 0.3) is 32.9 Å². The Morgan fingerprint density at radius 1 is 1.06 bits per heavy atom. The van der Waals surface area contributed by atoms with Crippen molar-refractivity contribution in [2.75, 3.05) is 20.6 Å². The van der Waals surface area contributed by atoms with Gasteiger partial charge in [0.2, 0.25) is 11.8 Å². The molecule has 4 amide bonds. The van der Waals surface area contributed by atoms with E-state index >= 15 is 0 Å². The number of halogens is 1. The summed E-state index contributed by atoms with van der Waals surface area (Å²) in [6, 6.07) is 9.77. The number of rotatable bonds is 9. The number of nitrogens with one attached hydrogen (secondary N) is 3. The lowest BCUT2D eigenvalue weighted by Gasteiger charge is -2.30. The average Bonchev–Trinajstić information content (AvgIpc) is 3.55. The van der Waals surface area contributed by atoms with E-state index in [4.69, 9.17) is 19.4 Å². The molecule has 1 saturated heterocycles. The summed E-state index contributed by atoms with van der Waals surface area (Å²) < 4.78 is 56.4. The number of ether oxygens (including phenoxy) is 2. The number of carbonyl (C=O) groups excluding carboxylic acids is 4.